The number of aryl methyl sites for hydroxylation is 1. The number of hydrogen-bond donors (Lipinski definition) is 1. The molecule has 1 N–H and O–H groups in total. The van der Waals surface area contributed by atoms with E-state index in [1.807, 2.05) is 31.2 Å². The number of rotatable bonds is 7. The summed E-state index contributed by atoms with van der Waals surface area (Å²) in [6.45, 7) is 1.90. The zero-order chi connectivity index (χ0) is 20.8. The third-order valence-corrected chi connectivity index (χ3v) is 4.12. The van der Waals surface area contributed by atoms with Gasteiger partial charge in [0.25, 0.3) is 5.91 Å². The van der Waals surface area contributed by atoms with Gasteiger partial charge in [0, 0.05) is 24.1 Å². The van der Waals surface area contributed by atoms with E-state index >= 15 is 0 Å². The zero-order valence-corrected chi connectivity index (χ0v) is 16.2. The number of nitrogens with one attached hydrogen (secondary N) is 1. The van der Waals surface area contributed by atoms with Gasteiger partial charge in [-0.3, -0.25) is 9.36 Å². The number of carbonyl (C=O) groups is 1. The van der Waals surface area contributed by atoms with E-state index in [0.717, 1.165) is 5.56 Å². The van der Waals surface area contributed by atoms with Crippen LogP contribution in [0.4, 0.5) is 5.69 Å². The standard InChI is InChI=1S/C22H19N5O3/c1-16-3-2-4-19(11-16)29-13-21(28)26-17-5-7-18(8-6-17)30-22-12-20(24-14-25-22)27-10-9-23-15-27/h2-12,14-15H,13H2,1H3,(H,26,28). The molecule has 0 saturated carbocycles. The highest BCUT2D eigenvalue weighted by molar-refractivity contribution is 5.91. The summed E-state index contributed by atoms with van der Waals surface area (Å²) in [5.41, 5.74) is 1.71. The maximum Gasteiger partial charge on any atom is 0.262 e. The Labute approximate surface area is 173 Å². The van der Waals surface area contributed by atoms with Crippen LogP contribution in [0.25, 0.3) is 5.82 Å². The van der Waals surface area contributed by atoms with Crippen molar-refractivity contribution in [2.24, 2.45) is 0 Å². The van der Waals surface area contributed by atoms with E-state index in [2.05, 4.69) is 20.3 Å². The fraction of sp³-hybridized carbons (Fsp3) is 0.0909. The average molecular weight is 401 g/mol. The minimum Gasteiger partial charge on any atom is -0.484 e. The van der Waals surface area contributed by atoms with Gasteiger partial charge in [-0.2, -0.15) is 0 Å². The van der Waals surface area contributed by atoms with Gasteiger partial charge in [-0.05, 0) is 48.9 Å². The fourth-order valence-electron chi connectivity index (χ4n) is 2.70. The molecule has 0 fully saturated rings. The lowest BCUT2D eigenvalue weighted by Crippen LogP contribution is -2.20. The van der Waals surface area contributed by atoms with Crippen molar-refractivity contribution in [3.63, 3.8) is 0 Å². The van der Waals surface area contributed by atoms with Crippen molar-refractivity contribution in [3.05, 3.63) is 85.2 Å². The molecule has 8 nitrogen and oxygen atoms in total. The predicted molar refractivity (Wildman–Crippen MR) is 111 cm³/mol. The molecule has 150 valence electrons. The summed E-state index contributed by atoms with van der Waals surface area (Å²) in [6.07, 6.45) is 6.52. The first kappa shape index (κ1) is 19.1. The van der Waals surface area contributed by atoms with Crippen LogP contribution in [0.3, 0.4) is 0 Å². The summed E-state index contributed by atoms with van der Waals surface area (Å²) >= 11 is 0. The molecule has 2 heterocycles. The number of hydrogen-bond acceptors (Lipinski definition) is 6. The van der Waals surface area contributed by atoms with Gasteiger partial charge >= 0.3 is 0 Å². The lowest BCUT2D eigenvalue weighted by atomic mass is 10.2. The lowest BCUT2D eigenvalue weighted by Gasteiger charge is -2.09. The normalized spacial score (nSPS) is 10.4. The SMILES string of the molecule is Cc1cccc(OCC(=O)Nc2ccc(Oc3cc(-n4ccnc4)ncn3)cc2)c1. The molecule has 0 unspecified atom stereocenters. The first-order valence-corrected chi connectivity index (χ1v) is 9.23. The Kier molecular flexibility index (Phi) is 5.66. The van der Waals surface area contributed by atoms with Crippen molar-refractivity contribution in [1.29, 1.82) is 0 Å². The van der Waals surface area contributed by atoms with Crippen LogP contribution in [0.2, 0.25) is 0 Å². The Morgan fingerprint density at radius 1 is 1.07 bits per heavy atom. The third-order valence-electron chi connectivity index (χ3n) is 4.12. The van der Waals surface area contributed by atoms with Crippen molar-refractivity contribution in [2.45, 2.75) is 6.92 Å². The molecule has 0 atom stereocenters. The lowest BCUT2D eigenvalue weighted by molar-refractivity contribution is -0.118. The van der Waals surface area contributed by atoms with E-state index in [4.69, 9.17) is 9.47 Å². The average Bonchev–Trinajstić information content (AvgIpc) is 3.29. The van der Waals surface area contributed by atoms with Crippen LogP contribution in [0.15, 0.2) is 79.6 Å². The number of amides is 1. The van der Waals surface area contributed by atoms with Gasteiger partial charge in [0.1, 0.15) is 30.0 Å². The number of imidazole rings is 1. The van der Waals surface area contributed by atoms with Crippen molar-refractivity contribution >= 4 is 11.6 Å². The summed E-state index contributed by atoms with van der Waals surface area (Å²) in [5, 5.41) is 2.79. The Balaban J connectivity index is 1.33. The molecule has 0 saturated heterocycles. The molecule has 0 spiro atoms. The second kappa shape index (κ2) is 8.87. The van der Waals surface area contributed by atoms with Gasteiger partial charge in [-0.15, -0.1) is 0 Å². The molecule has 2 aromatic heterocycles. The smallest absolute Gasteiger partial charge is 0.262 e. The molecule has 0 aliphatic carbocycles. The van der Waals surface area contributed by atoms with E-state index in [9.17, 15) is 4.79 Å². The van der Waals surface area contributed by atoms with Crippen molar-refractivity contribution in [1.82, 2.24) is 19.5 Å². The molecule has 0 aliphatic rings. The quantitative estimate of drug-likeness (QED) is 0.507. The molecule has 0 radical (unpaired) electrons. The van der Waals surface area contributed by atoms with Crippen molar-refractivity contribution in [3.8, 4) is 23.2 Å². The van der Waals surface area contributed by atoms with Crippen LogP contribution in [0.1, 0.15) is 5.56 Å². The zero-order valence-electron chi connectivity index (χ0n) is 16.2. The second-order valence-corrected chi connectivity index (χ2v) is 6.46. The minimum absolute atomic E-state index is 0.0698. The van der Waals surface area contributed by atoms with E-state index in [1.165, 1.54) is 6.33 Å². The van der Waals surface area contributed by atoms with Crippen LogP contribution in [-0.2, 0) is 4.79 Å². The van der Waals surface area contributed by atoms with Crippen molar-refractivity contribution < 1.29 is 14.3 Å². The van der Waals surface area contributed by atoms with Gasteiger partial charge < -0.3 is 14.8 Å². The van der Waals surface area contributed by atoms with E-state index in [0.29, 0.717) is 28.9 Å². The number of nitrogens with zero attached hydrogens (tertiary/aromatic N) is 4. The van der Waals surface area contributed by atoms with Gasteiger partial charge in [-0.1, -0.05) is 12.1 Å². The summed E-state index contributed by atoms with van der Waals surface area (Å²) < 4.78 is 13.0. The first-order valence-electron chi connectivity index (χ1n) is 9.23. The number of carbonyl (C=O) groups excluding carboxylic acids is 1. The van der Waals surface area contributed by atoms with Gasteiger partial charge in [0.15, 0.2) is 6.61 Å². The Hall–Kier alpha value is -4.20. The molecular weight excluding hydrogens is 382 g/mol. The molecule has 0 aliphatic heterocycles. The largest absolute Gasteiger partial charge is 0.484 e. The number of aromatic nitrogens is 4. The Morgan fingerprint density at radius 2 is 1.93 bits per heavy atom. The second-order valence-electron chi connectivity index (χ2n) is 6.46. The highest BCUT2D eigenvalue weighted by atomic mass is 16.5. The monoisotopic (exact) mass is 401 g/mol. The Morgan fingerprint density at radius 3 is 2.70 bits per heavy atom. The van der Waals surface area contributed by atoms with Crippen molar-refractivity contribution in [2.75, 3.05) is 11.9 Å². The molecule has 4 rings (SSSR count). The molecule has 2 aromatic carbocycles. The van der Waals surface area contributed by atoms with Crippen LogP contribution in [-0.4, -0.2) is 32.0 Å². The van der Waals surface area contributed by atoms with Gasteiger partial charge in [-0.25, -0.2) is 15.0 Å². The number of ether oxygens (including phenoxy) is 2. The van der Waals surface area contributed by atoms with Crippen LogP contribution >= 0.6 is 0 Å². The molecule has 4 aromatic rings. The maximum absolute atomic E-state index is 12.1. The van der Waals surface area contributed by atoms with Gasteiger partial charge in [0.05, 0.1) is 0 Å². The number of anilines is 1. The number of benzene rings is 2. The summed E-state index contributed by atoms with van der Waals surface area (Å²) in [4.78, 5) is 24.4. The van der Waals surface area contributed by atoms with E-state index in [-0.39, 0.29) is 12.5 Å². The van der Waals surface area contributed by atoms with E-state index in [1.54, 1.807) is 53.6 Å². The predicted octanol–water partition coefficient (Wildman–Crippen LogP) is 3.78. The molecule has 30 heavy (non-hydrogen) atoms. The van der Waals surface area contributed by atoms with Crippen LogP contribution < -0.4 is 14.8 Å². The topological polar surface area (TPSA) is 91.2 Å². The molecule has 0 bridgehead atoms. The maximum atomic E-state index is 12.1. The third kappa shape index (κ3) is 4.99. The minimum atomic E-state index is -0.244. The highest BCUT2D eigenvalue weighted by Crippen LogP contribution is 2.22. The summed E-state index contributed by atoms with van der Waals surface area (Å²) in [6, 6.07) is 16.2. The summed E-state index contributed by atoms with van der Waals surface area (Å²) in [7, 11) is 0. The molecule has 1 amide bonds. The molecular formula is C22H19N5O3. The Bertz CT molecular complexity index is 1130. The molecule has 8 heteroatoms. The van der Waals surface area contributed by atoms with Crippen LogP contribution in [0, 0.1) is 6.92 Å². The summed E-state index contributed by atoms with van der Waals surface area (Å²) in [5.74, 6) is 2.05. The highest BCUT2D eigenvalue weighted by Gasteiger charge is 2.06. The fourth-order valence-corrected chi connectivity index (χ4v) is 2.70. The van der Waals surface area contributed by atoms with Gasteiger partial charge in [0.2, 0.25) is 5.88 Å². The van der Waals surface area contributed by atoms with Crippen LogP contribution in [0.5, 0.6) is 17.4 Å². The van der Waals surface area contributed by atoms with E-state index < -0.39 is 0 Å². The first-order chi connectivity index (χ1) is 14.7.